The maximum absolute atomic E-state index is 13.3. The minimum atomic E-state index is -0.352. The summed E-state index contributed by atoms with van der Waals surface area (Å²) in [6.45, 7) is 4.03. The van der Waals surface area contributed by atoms with Crippen molar-refractivity contribution in [1.29, 1.82) is 5.26 Å². The largest absolute Gasteiger partial charge is 0.490 e. The van der Waals surface area contributed by atoms with E-state index in [0.29, 0.717) is 29.0 Å². The van der Waals surface area contributed by atoms with E-state index in [9.17, 15) is 9.65 Å². The molecule has 24 heavy (non-hydrogen) atoms. The highest BCUT2D eigenvalue weighted by molar-refractivity contribution is 5.90. The van der Waals surface area contributed by atoms with E-state index in [-0.39, 0.29) is 5.82 Å². The van der Waals surface area contributed by atoms with Crippen LogP contribution in [-0.4, -0.2) is 16.6 Å². The number of fused-ring (bicyclic) bond motifs is 1. The Bertz CT molecular complexity index is 949. The van der Waals surface area contributed by atoms with Crippen LogP contribution in [0, 0.1) is 17.1 Å². The zero-order valence-corrected chi connectivity index (χ0v) is 12.8. The lowest BCUT2D eigenvalue weighted by atomic mass is 10.1. The third-order valence-corrected chi connectivity index (χ3v) is 3.38. The molecule has 0 spiro atoms. The molecule has 0 unspecified atom stereocenters. The number of halogens is 1. The van der Waals surface area contributed by atoms with Gasteiger partial charge in [0.05, 0.1) is 16.6 Å². The lowest BCUT2D eigenvalue weighted by molar-refractivity contribution is 0.363. The van der Waals surface area contributed by atoms with E-state index >= 15 is 0 Å². The first-order chi connectivity index (χ1) is 11.7. The van der Waals surface area contributed by atoms with Gasteiger partial charge in [-0.2, -0.15) is 5.26 Å². The number of hydrogen-bond donors (Lipinski definition) is 1. The fourth-order valence-electron chi connectivity index (χ4n) is 2.25. The summed E-state index contributed by atoms with van der Waals surface area (Å²) in [7, 11) is 0. The van der Waals surface area contributed by atoms with Crippen LogP contribution in [0.3, 0.4) is 0 Å². The van der Waals surface area contributed by atoms with Crippen molar-refractivity contribution < 1.29 is 9.13 Å². The molecule has 0 aliphatic rings. The van der Waals surface area contributed by atoms with Crippen LogP contribution in [0.1, 0.15) is 11.4 Å². The van der Waals surface area contributed by atoms with Gasteiger partial charge in [-0.05, 0) is 42.0 Å². The number of nitriles is 1. The quantitative estimate of drug-likeness (QED) is 0.562. The second kappa shape index (κ2) is 6.80. The van der Waals surface area contributed by atoms with Crippen molar-refractivity contribution >= 4 is 22.7 Å². The number of benzene rings is 2. The number of hydrogen-bond acceptors (Lipinski definition) is 3. The van der Waals surface area contributed by atoms with Gasteiger partial charge in [-0.3, -0.25) is 0 Å². The maximum atomic E-state index is 13.3. The van der Waals surface area contributed by atoms with Gasteiger partial charge in [0.25, 0.3) is 0 Å². The topological polar surface area (TPSA) is 61.7 Å². The van der Waals surface area contributed by atoms with Crippen LogP contribution in [0.15, 0.2) is 55.1 Å². The van der Waals surface area contributed by atoms with Gasteiger partial charge < -0.3 is 9.72 Å². The number of nitrogens with zero attached hydrogens (tertiary/aromatic N) is 2. The molecule has 0 aliphatic carbocycles. The van der Waals surface area contributed by atoms with Crippen LogP contribution < -0.4 is 4.74 Å². The molecule has 0 aliphatic heterocycles. The molecule has 0 saturated heterocycles. The van der Waals surface area contributed by atoms with Gasteiger partial charge in [-0.1, -0.05) is 24.8 Å². The predicted molar refractivity (Wildman–Crippen MR) is 91.7 cm³/mol. The maximum Gasteiger partial charge on any atom is 0.149 e. The van der Waals surface area contributed by atoms with Gasteiger partial charge in [0.2, 0.25) is 0 Å². The Morgan fingerprint density at radius 3 is 2.79 bits per heavy atom. The lowest BCUT2D eigenvalue weighted by Crippen LogP contribution is -1.92. The summed E-state index contributed by atoms with van der Waals surface area (Å²) < 4.78 is 18.7. The van der Waals surface area contributed by atoms with Crippen molar-refractivity contribution in [3.8, 4) is 11.8 Å². The molecule has 0 fully saturated rings. The van der Waals surface area contributed by atoms with E-state index in [0.717, 1.165) is 11.3 Å². The van der Waals surface area contributed by atoms with Gasteiger partial charge in [-0.25, -0.2) is 9.37 Å². The molecule has 118 valence electrons. The molecule has 1 heterocycles. The first-order valence-corrected chi connectivity index (χ1v) is 7.31. The van der Waals surface area contributed by atoms with Crippen molar-refractivity contribution in [2.45, 2.75) is 0 Å². The lowest BCUT2D eigenvalue weighted by Gasteiger charge is -2.03. The van der Waals surface area contributed by atoms with Crippen LogP contribution >= 0.6 is 0 Å². The van der Waals surface area contributed by atoms with E-state index in [4.69, 9.17) is 4.74 Å². The monoisotopic (exact) mass is 319 g/mol. The summed E-state index contributed by atoms with van der Waals surface area (Å²) in [6.07, 6.45) is 3.39. The number of allylic oxidation sites excluding steroid dienone is 1. The van der Waals surface area contributed by atoms with Crippen molar-refractivity contribution in [2.75, 3.05) is 6.61 Å². The molecule has 1 aromatic heterocycles. The molecule has 0 amide bonds. The first kappa shape index (κ1) is 15.5. The minimum Gasteiger partial charge on any atom is -0.490 e. The predicted octanol–water partition coefficient (Wildman–Crippen LogP) is 4.33. The van der Waals surface area contributed by atoms with Crippen LogP contribution in [0.5, 0.6) is 5.75 Å². The van der Waals surface area contributed by atoms with Gasteiger partial charge in [0, 0.05) is 0 Å². The molecule has 5 heteroatoms. The molecular weight excluding hydrogens is 305 g/mol. The summed E-state index contributed by atoms with van der Waals surface area (Å²) in [6, 6.07) is 13.7. The smallest absolute Gasteiger partial charge is 0.149 e. The molecule has 0 radical (unpaired) electrons. The second-order valence-corrected chi connectivity index (χ2v) is 5.09. The molecule has 0 bridgehead atoms. The third-order valence-electron chi connectivity index (χ3n) is 3.38. The number of aromatic amines is 1. The number of aromatic nitrogens is 2. The summed E-state index contributed by atoms with van der Waals surface area (Å²) in [4.78, 5) is 7.30. The van der Waals surface area contributed by atoms with E-state index in [1.54, 1.807) is 18.2 Å². The number of rotatable bonds is 5. The number of nitrogens with one attached hydrogen (secondary N) is 1. The SMILES string of the molecule is C=CCOc1ccc(/C=C(/C#N)c2nc3ccc(F)cc3[nH]2)cc1. The molecule has 0 atom stereocenters. The van der Waals surface area contributed by atoms with E-state index in [2.05, 4.69) is 22.6 Å². The van der Waals surface area contributed by atoms with Crippen molar-refractivity contribution in [2.24, 2.45) is 0 Å². The van der Waals surface area contributed by atoms with Crippen molar-refractivity contribution in [3.63, 3.8) is 0 Å². The summed E-state index contributed by atoms with van der Waals surface area (Å²) in [5.41, 5.74) is 2.37. The van der Waals surface area contributed by atoms with Crippen LogP contribution in [-0.2, 0) is 0 Å². The Morgan fingerprint density at radius 1 is 1.29 bits per heavy atom. The molecular formula is C19H14FN3O. The first-order valence-electron chi connectivity index (χ1n) is 7.31. The van der Waals surface area contributed by atoms with Crippen molar-refractivity contribution in [3.05, 3.63) is 72.3 Å². The van der Waals surface area contributed by atoms with Gasteiger partial charge in [0.1, 0.15) is 30.1 Å². The van der Waals surface area contributed by atoms with Gasteiger partial charge in [-0.15, -0.1) is 0 Å². The average molecular weight is 319 g/mol. The number of imidazole rings is 1. The highest BCUT2D eigenvalue weighted by atomic mass is 19.1. The fourth-order valence-corrected chi connectivity index (χ4v) is 2.25. The van der Waals surface area contributed by atoms with Gasteiger partial charge in [0.15, 0.2) is 0 Å². The molecule has 3 rings (SSSR count). The zero-order chi connectivity index (χ0) is 16.9. The Labute approximate surface area is 138 Å². The highest BCUT2D eigenvalue weighted by Gasteiger charge is 2.08. The average Bonchev–Trinajstić information content (AvgIpc) is 3.01. The summed E-state index contributed by atoms with van der Waals surface area (Å²) in [5.74, 6) is 0.783. The van der Waals surface area contributed by atoms with Crippen LogP contribution in [0.25, 0.3) is 22.7 Å². The summed E-state index contributed by atoms with van der Waals surface area (Å²) in [5, 5.41) is 9.40. The normalized spacial score (nSPS) is 11.2. The Kier molecular flexibility index (Phi) is 4.39. The molecule has 0 saturated carbocycles. The van der Waals surface area contributed by atoms with Crippen LogP contribution in [0.4, 0.5) is 4.39 Å². The van der Waals surface area contributed by atoms with E-state index < -0.39 is 0 Å². The second-order valence-electron chi connectivity index (χ2n) is 5.09. The van der Waals surface area contributed by atoms with Gasteiger partial charge >= 0.3 is 0 Å². The zero-order valence-electron chi connectivity index (χ0n) is 12.8. The van der Waals surface area contributed by atoms with E-state index in [1.807, 2.05) is 24.3 Å². The molecule has 1 N–H and O–H groups in total. The third kappa shape index (κ3) is 3.33. The fraction of sp³-hybridized carbons (Fsp3) is 0.0526. The van der Waals surface area contributed by atoms with Crippen LogP contribution in [0.2, 0.25) is 0 Å². The molecule has 3 aromatic rings. The Morgan fingerprint density at radius 2 is 2.08 bits per heavy atom. The van der Waals surface area contributed by atoms with E-state index in [1.165, 1.54) is 12.1 Å². The van der Waals surface area contributed by atoms with Crippen molar-refractivity contribution in [1.82, 2.24) is 9.97 Å². The number of H-pyrrole nitrogens is 1. The molecule has 4 nitrogen and oxygen atoms in total. The highest BCUT2D eigenvalue weighted by Crippen LogP contribution is 2.21. The standard InChI is InChI=1S/C19H14FN3O/c1-2-9-24-16-6-3-13(4-7-16)10-14(12-21)19-22-17-8-5-15(20)11-18(17)23-19/h2-8,10-11H,1,9H2,(H,22,23)/b14-10-. The Hall–Kier alpha value is -3.39. The summed E-state index contributed by atoms with van der Waals surface area (Å²) >= 11 is 0. The minimum absolute atomic E-state index is 0.352. The number of ether oxygens (including phenoxy) is 1. The molecule has 2 aromatic carbocycles. The Balaban J connectivity index is 1.90.